The molecule has 0 fully saturated rings. The highest BCUT2D eigenvalue weighted by atomic mass is 32.2. The lowest BCUT2D eigenvalue weighted by Gasteiger charge is -2.06. The molecule has 3 nitrogen and oxygen atoms in total. The summed E-state index contributed by atoms with van der Waals surface area (Å²) in [5, 5.41) is 0.870. The zero-order valence-corrected chi connectivity index (χ0v) is 10.7. The molecule has 2 rings (SSSR count). The highest BCUT2D eigenvalue weighted by Crippen LogP contribution is 2.27. The maximum Gasteiger partial charge on any atom is 0.127 e. The van der Waals surface area contributed by atoms with Crippen LogP contribution in [0.2, 0.25) is 0 Å². The Morgan fingerprint density at radius 3 is 2.41 bits per heavy atom. The molecule has 17 heavy (non-hydrogen) atoms. The Labute approximate surface area is 105 Å². The van der Waals surface area contributed by atoms with Crippen LogP contribution in [0, 0.1) is 0 Å². The van der Waals surface area contributed by atoms with Gasteiger partial charge >= 0.3 is 0 Å². The molecule has 0 radical (unpaired) electrons. The fourth-order valence-electron chi connectivity index (χ4n) is 1.45. The fraction of sp³-hybridized carbons (Fsp3) is 0.231. The molecule has 0 saturated heterocycles. The van der Waals surface area contributed by atoms with Crippen LogP contribution in [0.15, 0.2) is 46.6 Å². The summed E-state index contributed by atoms with van der Waals surface area (Å²) >= 11 is 1.59. The van der Waals surface area contributed by atoms with Crippen LogP contribution in [0.1, 0.15) is 25.3 Å². The van der Waals surface area contributed by atoms with Crippen molar-refractivity contribution in [3.8, 4) is 0 Å². The van der Waals surface area contributed by atoms with Crippen LogP contribution in [0.3, 0.4) is 0 Å². The summed E-state index contributed by atoms with van der Waals surface area (Å²) in [6.45, 7) is 4.38. The highest BCUT2D eigenvalue weighted by molar-refractivity contribution is 7.99. The molecular formula is C13H15N3S. The van der Waals surface area contributed by atoms with Crippen molar-refractivity contribution in [1.29, 1.82) is 0 Å². The quantitative estimate of drug-likeness (QED) is 0.843. The van der Waals surface area contributed by atoms with E-state index in [1.54, 1.807) is 17.8 Å². The standard InChI is InChI=1S/C13H15N3S/c1-9(2)10-3-5-11(6-4-10)17-13-7-12(14)15-8-16-13/h3-9H,1-2H3,(H2,14,15,16). The zero-order chi connectivity index (χ0) is 12.3. The predicted molar refractivity (Wildman–Crippen MR) is 71.1 cm³/mol. The van der Waals surface area contributed by atoms with E-state index in [0.29, 0.717) is 11.7 Å². The van der Waals surface area contributed by atoms with Crippen molar-refractivity contribution in [2.45, 2.75) is 29.7 Å². The maximum atomic E-state index is 5.61. The first-order chi connectivity index (χ1) is 8.15. The lowest BCUT2D eigenvalue weighted by molar-refractivity contribution is 0.865. The van der Waals surface area contributed by atoms with Gasteiger partial charge in [-0.3, -0.25) is 0 Å². The van der Waals surface area contributed by atoms with Gasteiger partial charge in [-0.05, 0) is 23.6 Å². The third-order valence-corrected chi connectivity index (χ3v) is 3.37. The van der Waals surface area contributed by atoms with E-state index in [9.17, 15) is 0 Å². The Kier molecular flexibility index (Phi) is 3.64. The van der Waals surface area contributed by atoms with Crippen molar-refractivity contribution < 1.29 is 0 Å². The number of anilines is 1. The molecule has 0 atom stereocenters. The SMILES string of the molecule is CC(C)c1ccc(Sc2cc(N)ncn2)cc1. The number of hydrogen-bond donors (Lipinski definition) is 1. The van der Waals surface area contributed by atoms with E-state index in [1.165, 1.54) is 11.9 Å². The fourth-order valence-corrected chi connectivity index (χ4v) is 2.24. The van der Waals surface area contributed by atoms with Gasteiger partial charge in [0.25, 0.3) is 0 Å². The summed E-state index contributed by atoms with van der Waals surface area (Å²) in [5.74, 6) is 1.06. The van der Waals surface area contributed by atoms with E-state index >= 15 is 0 Å². The average Bonchev–Trinajstić information content (AvgIpc) is 2.29. The third kappa shape index (κ3) is 3.20. The minimum atomic E-state index is 0.501. The van der Waals surface area contributed by atoms with Crippen molar-refractivity contribution in [2.75, 3.05) is 5.73 Å². The summed E-state index contributed by atoms with van der Waals surface area (Å²) in [6, 6.07) is 10.3. The smallest absolute Gasteiger partial charge is 0.127 e. The minimum absolute atomic E-state index is 0.501. The Bertz CT molecular complexity index is 494. The van der Waals surface area contributed by atoms with E-state index in [-0.39, 0.29) is 0 Å². The summed E-state index contributed by atoms with van der Waals surface area (Å²) in [4.78, 5) is 9.20. The topological polar surface area (TPSA) is 51.8 Å². The van der Waals surface area contributed by atoms with Crippen molar-refractivity contribution in [1.82, 2.24) is 9.97 Å². The van der Waals surface area contributed by atoms with Gasteiger partial charge in [-0.25, -0.2) is 9.97 Å². The summed E-state index contributed by atoms with van der Waals surface area (Å²) in [6.07, 6.45) is 1.49. The van der Waals surface area contributed by atoms with Crippen molar-refractivity contribution >= 4 is 17.6 Å². The summed E-state index contributed by atoms with van der Waals surface area (Å²) in [5.41, 5.74) is 6.96. The second-order valence-corrected chi connectivity index (χ2v) is 5.20. The molecule has 0 aliphatic rings. The summed E-state index contributed by atoms with van der Waals surface area (Å²) < 4.78 is 0. The van der Waals surface area contributed by atoms with E-state index in [1.807, 2.05) is 0 Å². The van der Waals surface area contributed by atoms with Crippen LogP contribution in [0.4, 0.5) is 5.82 Å². The van der Waals surface area contributed by atoms with Crippen LogP contribution in [-0.2, 0) is 0 Å². The van der Waals surface area contributed by atoms with Crippen LogP contribution in [0.5, 0.6) is 0 Å². The molecular weight excluding hydrogens is 230 g/mol. The van der Waals surface area contributed by atoms with Crippen LogP contribution < -0.4 is 5.73 Å². The molecule has 88 valence electrons. The van der Waals surface area contributed by atoms with Gasteiger partial charge in [0, 0.05) is 11.0 Å². The van der Waals surface area contributed by atoms with E-state index in [2.05, 4.69) is 48.1 Å². The second kappa shape index (κ2) is 5.19. The van der Waals surface area contributed by atoms with Gasteiger partial charge in [0.2, 0.25) is 0 Å². The zero-order valence-electron chi connectivity index (χ0n) is 9.92. The first-order valence-corrected chi connectivity index (χ1v) is 6.32. The number of nitrogens with zero attached hydrogens (tertiary/aromatic N) is 2. The van der Waals surface area contributed by atoms with Gasteiger partial charge in [0.1, 0.15) is 17.2 Å². The Hall–Kier alpha value is -1.55. The number of benzene rings is 1. The molecule has 1 heterocycles. The van der Waals surface area contributed by atoms with Crippen molar-refractivity contribution in [3.05, 3.63) is 42.2 Å². The van der Waals surface area contributed by atoms with E-state index in [0.717, 1.165) is 9.92 Å². The Balaban J connectivity index is 2.14. The predicted octanol–water partition coefficient (Wildman–Crippen LogP) is 3.33. The molecule has 0 unspecified atom stereocenters. The second-order valence-electron chi connectivity index (χ2n) is 4.11. The number of hydrogen-bond acceptors (Lipinski definition) is 4. The molecule has 1 aromatic carbocycles. The largest absolute Gasteiger partial charge is 0.384 e. The highest BCUT2D eigenvalue weighted by Gasteiger charge is 2.02. The van der Waals surface area contributed by atoms with E-state index in [4.69, 9.17) is 5.73 Å². The first kappa shape index (κ1) is 11.9. The summed E-state index contributed by atoms with van der Waals surface area (Å²) in [7, 11) is 0. The molecule has 0 amide bonds. The third-order valence-electron chi connectivity index (χ3n) is 2.43. The number of nitrogen functional groups attached to an aromatic ring is 1. The Morgan fingerprint density at radius 1 is 1.12 bits per heavy atom. The van der Waals surface area contributed by atoms with Gasteiger partial charge in [0.05, 0.1) is 0 Å². The van der Waals surface area contributed by atoms with Gasteiger partial charge in [-0.1, -0.05) is 37.7 Å². The normalized spacial score (nSPS) is 10.8. The maximum absolute atomic E-state index is 5.61. The molecule has 0 bridgehead atoms. The number of nitrogens with two attached hydrogens (primary N) is 1. The molecule has 1 aromatic heterocycles. The van der Waals surface area contributed by atoms with Crippen molar-refractivity contribution in [3.63, 3.8) is 0 Å². The molecule has 2 N–H and O–H groups in total. The van der Waals surface area contributed by atoms with Crippen molar-refractivity contribution in [2.24, 2.45) is 0 Å². The molecule has 0 saturated carbocycles. The van der Waals surface area contributed by atoms with Crippen LogP contribution in [-0.4, -0.2) is 9.97 Å². The Morgan fingerprint density at radius 2 is 1.82 bits per heavy atom. The molecule has 0 aliphatic carbocycles. The van der Waals surface area contributed by atoms with Crippen LogP contribution >= 0.6 is 11.8 Å². The lowest BCUT2D eigenvalue weighted by atomic mass is 10.0. The molecule has 0 spiro atoms. The van der Waals surface area contributed by atoms with Crippen LogP contribution in [0.25, 0.3) is 0 Å². The monoisotopic (exact) mass is 245 g/mol. The lowest BCUT2D eigenvalue weighted by Crippen LogP contribution is -1.91. The molecule has 0 aliphatic heterocycles. The molecule has 4 heteroatoms. The van der Waals surface area contributed by atoms with E-state index < -0.39 is 0 Å². The number of aromatic nitrogens is 2. The van der Waals surface area contributed by atoms with Gasteiger partial charge in [-0.2, -0.15) is 0 Å². The van der Waals surface area contributed by atoms with Gasteiger partial charge < -0.3 is 5.73 Å². The average molecular weight is 245 g/mol. The molecule has 2 aromatic rings. The van der Waals surface area contributed by atoms with Gasteiger partial charge in [0.15, 0.2) is 0 Å². The first-order valence-electron chi connectivity index (χ1n) is 5.50. The minimum Gasteiger partial charge on any atom is -0.384 e. The van der Waals surface area contributed by atoms with Gasteiger partial charge in [-0.15, -0.1) is 0 Å². The number of rotatable bonds is 3.